The highest BCUT2D eigenvalue weighted by Gasteiger charge is 2.24. The summed E-state index contributed by atoms with van der Waals surface area (Å²) in [6.45, 7) is 9.63. The average Bonchev–Trinajstić information content (AvgIpc) is 3.30. The van der Waals surface area contributed by atoms with Crippen LogP contribution < -0.4 is 0 Å². The topological polar surface area (TPSA) is 60.7 Å². The van der Waals surface area contributed by atoms with Crippen molar-refractivity contribution in [1.82, 2.24) is 19.7 Å². The summed E-state index contributed by atoms with van der Waals surface area (Å²) in [5, 5.41) is 4.65. The van der Waals surface area contributed by atoms with Crippen LogP contribution in [0.15, 0.2) is 28.5 Å². The van der Waals surface area contributed by atoms with Crippen molar-refractivity contribution in [2.75, 3.05) is 0 Å². The molecule has 0 saturated heterocycles. The SMILES string of the molecule is Cc1cc(-c2c(C)nn(-c3nc(-c4cc(F)c(Cl)c(F)c4)c(SC(C)C)s3)c2C=O)cc(C)n1. The van der Waals surface area contributed by atoms with Crippen LogP contribution in [0.5, 0.6) is 0 Å². The Balaban J connectivity index is 1.91. The zero-order valence-corrected chi connectivity index (χ0v) is 21.5. The first-order valence-corrected chi connectivity index (χ1v) is 12.5. The quantitative estimate of drug-likeness (QED) is 0.153. The van der Waals surface area contributed by atoms with Gasteiger partial charge in [-0.25, -0.2) is 18.4 Å². The molecular weight excluding hydrogens is 498 g/mol. The molecule has 4 rings (SSSR count). The van der Waals surface area contributed by atoms with Crippen LogP contribution in [0.25, 0.3) is 27.5 Å². The van der Waals surface area contributed by atoms with Gasteiger partial charge in [0.05, 0.1) is 15.6 Å². The standard InChI is InChI=1S/C24H21ClF2N4OS2/c1-11(2)33-23-22(16-8-17(26)21(25)18(27)9-16)29-24(34-23)31-19(10-32)20(14(5)30-31)15-6-12(3)28-13(4)7-15/h6-11H,1-5H3. The van der Waals surface area contributed by atoms with Gasteiger partial charge in [-0.1, -0.05) is 36.8 Å². The summed E-state index contributed by atoms with van der Waals surface area (Å²) in [4.78, 5) is 21.3. The molecule has 0 radical (unpaired) electrons. The summed E-state index contributed by atoms with van der Waals surface area (Å²) in [5.41, 5.74) is 4.88. The molecule has 5 nitrogen and oxygen atoms in total. The number of aldehydes is 1. The molecule has 0 aliphatic heterocycles. The van der Waals surface area contributed by atoms with Gasteiger partial charge in [-0.2, -0.15) is 5.10 Å². The van der Waals surface area contributed by atoms with Crippen molar-refractivity contribution in [3.8, 4) is 27.5 Å². The van der Waals surface area contributed by atoms with E-state index in [0.717, 1.165) is 39.6 Å². The molecule has 4 aromatic rings. The third kappa shape index (κ3) is 4.64. The number of carbonyl (C=O) groups excluding carboxylic acids is 1. The monoisotopic (exact) mass is 518 g/mol. The molecular formula is C24H21ClF2N4OS2. The molecule has 0 aliphatic carbocycles. The molecule has 10 heteroatoms. The van der Waals surface area contributed by atoms with Gasteiger partial charge in [0.15, 0.2) is 6.29 Å². The molecule has 0 unspecified atom stereocenters. The molecule has 1 aromatic carbocycles. The van der Waals surface area contributed by atoms with Gasteiger partial charge >= 0.3 is 0 Å². The first-order valence-electron chi connectivity index (χ1n) is 10.4. The number of aromatic nitrogens is 4. The van der Waals surface area contributed by atoms with Crippen molar-refractivity contribution in [1.29, 1.82) is 0 Å². The first kappa shape index (κ1) is 24.5. The zero-order chi connectivity index (χ0) is 24.7. The number of aryl methyl sites for hydroxylation is 3. The molecule has 176 valence electrons. The fraction of sp³-hybridized carbons (Fsp3) is 0.250. The number of hydrogen-bond acceptors (Lipinski definition) is 6. The second-order valence-corrected chi connectivity index (χ2v) is 11.3. The normalized spacial score (nSPS) is 11.4. The molecule has 0 fully saturated rings. The largest absolute Gasteiger partial charge is 0.296 e. The van der Waals surface area contributed by atoms with Crippen molar-refractivity contribution in [2.45, 2.75) is 44.1 Å². The first-order chi connectivity index (χ1) is 16.1. The summed E-state index contributed by atoms with van der Waals surface area (Å²) in [6, 6.07) is 6.14. The fourth-order valence-corrected chi connectivity index (χ4v) is 6.28. The van der Waals surface area contributed by atoms with Crippen molar-refractivity contribution < 1.29 is 13.6 Å². The minimum atomic E-state index is -0.860. The van der Waals surface area contributed by atoms with Gasteiger partial charge in [-0.15, -0.1) is 11.8 Å². The number of thiazole rings is 1. The Bertz CT molecular complexity index is 1370. The Morgan fingerprint density at radius 2 is 1.65 bits per heavy atom. The number of benzene rings is 1. The van der Waals surface area contributed by atoms with Gasteiger partial charge in [0.25, 0.3) is 0 Å². The fourth-order valence-electron chi connectivity index (χ4n) is 3.69. The third-order valence-corrected chi connectivity index (χ3v) is 7.55. The summed E-state index contributed by atoms with van der Waals surface area (Å²) >= 11 is 8.50. The summed E-state index contributed by atoms with van der Waals surface area (Å²) in [5.74, 6) is -1.72. The van der Waals surface area contributed by atoms with Gasteiger partial charge in [0.2, 0.25) is 5.13 Å². The number of rotatable bonds is 6. The number of nitrogens with zero attached hydrogens (tertiary/aromatic N) is 4. The Kier molecular flexibility index (Phi) is 6.89. The lowest BCUT2D eigenvalue weighted by atomic mass is 10.0. The Morgan fingerprint density at radius 1 is 1.03 bits per heavy atom. The highest BCUT2D eigenvalue weighted by atomic mass is 35.5. The molecule has 0 amide bonds. The molecule has 0 N–H and O–H groups in total. The van der Waals surface area contributed by atoms with Crippen LogP contribution in [0.2, 0.25) is 5.02 Å². The molecule has 0 atom stereocenters. The van der Waals surface area contributed by atoms with E-state index in [2.05, 4.69) is 15.1 Å². The summed E-state index contributed by atoms with van der Waals surface area (Å²) in [6.07, 6.45) is 0.748. The van der Waals surface area contributed by atoms with Crippen LogP contribution >= 0.6 is 34.7 Å². The maximum atomic E-state index is 14.2. The van der Waals surface area contributed by atoms with Crippen molar-refractivity contribution in [3.63, 3.8) is 0 Å². The molecule has 34 heavy (non-hydrogen) atoms. The molecule has 0 aliphatic rings. The number of hydrogen-bond donors (Lipinski definition) is 0. The van der Waals surface area contributed by atoms with Crippen LogP contribution in [0.3, 0.4) is 0 Å². The smallest absolute Gasteiger partial charge is 0.212 e. The van der Waals surface area contributed by atoms with E-state index in [0.29, 0.717) is 27.8 Å². The minimum Gasteiger partial charge on any atom is -0.296 e. The molecule has 3 aromatic heterocycles. The predicted molar refractivity (Wildman–Crippen MR) is 133 cm³/mol. The van der Waals surface area contributed by atoms with E-state index in [4.69, 9.17) is 11.6 Å². The van der Waals surface area contributed by atoms with Crippen molar-refractivity contribution >= 4 is 41.0 Å². The summed E-state index contributed by atoms with van der Waals surface area (Å²) < 4.78 is 30.7. The van der Waals surface area contributed by atoms with Gasteiger partial charge in [0.1, 0.15) is 22.4 Å². The third-order valence-electron chi connectivity index (χ3n) is 4.94. The van der Waals surface area contributed by atoms with Crippen molar-refractivity contribution in [3.05, 3.63) is 63.7 Å². The van der Waals surface area contributed by atoms with E-state index < -0.39 is 16.7 Å². The van der Waals surface area contributed by atoms with E-state index in [1.54, 1.807) is 0 Å². The van der Waals surface area contributed by atoms with E-state index in [-0.39, 0.29) is 10.8 Å². The van der Waals surface area contributed by atoms with Crippen LogP contribution in [0.4, 0.5) is 8.78 Å². The number of halogens is 3. The van der Waals surface area contributed by atoms with Crippen molar-refractivity contribution in [2.24, 2.45) is 0 Å². The van der Waals surface area contributed by atoms with Gasteiger partial charge < -0.3 is 0 Å². The van der Waals surface area contributed by atoms with E-state index in [1.807, 2.05) is 46.8 Å². The lowest BCUT2D eigenvalue weighted by molar-refractivity contribution is 0.111. The second-order valence-electron chi connectivity index (χ2n) is 8.07. The molecule has 0 saturated carbocycles. The summed E-state index contributed by atoms with van der Waals surface area (Å²) in [7, 11) is 0. The van der Waals surface area contributed by atoms with E-state index >= 15 is 0 Å². The maximum Gasteiger partial charge on any atom is 0.212 e. The van der Waals surface area contributed by atoms with E-state index in [1.165, 1.54) is 27.8 Å². The minimum absolute atomic E-state index is 0.192. The zero-order valence-electron chi connectivity index (χ0n) is 19.1. The van der Waals surface area contributed by atoms with Crippen LogP contribution in [-0.2, 0) is 0 Å². The predicted octanol–water partition coefficient (Wildman–Crippen LogP) is 7.23. The highest BCUT2D eigenvalue weighted by molar-refractivity contribution is 8.01. The maximum absolute atomic E-state index is 14.2. The van der Waals surface area contributed by atoms with Crippen LogP contribution in [-0.4, -0.2) is 31.3 Å². The lowest BCUT2D eigenvalue weighted by Crippen LogP contribution is -2.02. The van der Waals surface area contributed by atoms with Gasteiger partial charge in [-0.05, 0) is 50.6 Å². The average molecular weight is 519 g/mol. The highest BCUT2D eigenvalue weighted by Crippen LogP contribution is 2.41. The molecule has 3 heterocycles. The Morgan fingerprint density at radius 3 is 2.21 bits per heavy atom. The van der Waals surface area contributed by atoms with Gasteiger partial charge in [-0.3, -0.25) is 9.78 Å². The van der Waals surface area contributed by atoms with Crippen LogP contribution in [0, 0.1) is 32.4 Å². The molecule has 0 spiro atoms. The van der Waals surface area contributed by atoms with Gasteiger partial charge in [0, 0.05) is 27.8 Å². The van der Waals surface area contributed by atoms with Crippen LogP contribution in [0.1, 0.15) is 41.4 Å². The second kappa shape index (κ2) is 9.56. The Labute approximate surface area is 209 Å². The number of thioether (sulfide) groups is 1. The number of carbonyl (C=O) groups is 1. The Hall–Kier alpha value is -2.62. The lowest BCUT2D eigenvalue weighted by Gasteiger charge is -2.06. The number of pyridine rings is 1. The van der Waals surface area contributed by atoms with E-state index in [9.17, 15) is 13.6 Å². The molecule has 0 bridgehead atoms.